The molecular weight excluding hydrogens is 252 g/mol. The van der Waals surface area contributed by atoms with E-state index in [4.69, 9.17) is 4.52 Å². The van der Waals surface area contributed by atoms with Crippen molar-refractivity contribution in [3.63, 3.8) is 0 Å². The Balaban J connectivity index is 1.55. The Hall–Kier alpha value is -1.72. The lowest BCUT2D eigenvalue weighted by Crippen LogP contribution is -2.46. The van der Waals surface area contributed by atoms with Gasteiger partial charge < -0.3 is 9.84 Å². The minimum atomic E-state index is 0.411. The number of hydrogen-bond donors (Lipinski definition) is 1. The van der Waals surface area contributed by atoms with Gasteiger partial charge in [-0.2, -0.15) is 4.98 Å². The van der Waals surface area contributed by atoms with Crippen molar-refractivity contribution < 1.29 is 4.52 Å². The average Bonchev–Trinajstić information content (AvgIpc) is 2.92. The lowest BCUT2D eigenvalue weighted by Gasteiger charge is -2.33. The zero-order valence-electron chi connectivity index (χ0n) is 11.7. The molecule has 0 bridgehead atoms. The van der Waals surface area contributed by atoms with Gasteiger partial charge in [-0.25, -0.2) is 0 Å². The highest BCUT2D eigenvalue weighted by molar-refractivity contribution is 5.19. The quantitative estimate of drug-likeness (QED) is 0.915. The van der Waals surface area contributed by atoms with Crippen molar-refractivity contribution in [1.29, 1.82) is 0 Å². The van der Waals surface area contributed by atoms with Gasteiger partial charge in [-0.05, 0) is 12.5 Å². The Morgan fingerprint density at radius 3 is 2.95 bits per heavy atom. The number of rotatable bonds is 4. The number of nitrogens with zero attached hydrogens (tertiary/aromatic N) is 3. The fourth-order valence-corrected chi connectivity index (χ4v) is 2.62. The first-order valence-corrected chi connectivity index (χ1v) is 7.11. The van der Waals surface area contributed by atoms with E-state index < -0.39 is 0 Å². The molecule has 1 N–H and O–H groups in total. The highest BCUT2D eigenvalue weighted by atomic mass is 16.5. The minimum Gasteiger partial charge on any atom is -0.339 e. The Bertz CT molecular complexity index is 540. The highest BCUT2D eigenvalue weighted by Gasteiger charge is 2.20. The zero-order valence-corrected chi connectivity index (χ0v) is 11.7. The second kappa shape index (κ2) is 6.15. The summed E-state index contributed by atoms with van der Waals surface area (Å²) in [7, 11) is 0. The topological polar surface area (TPSA) is 54.2 Å². The lowest BCUT2D eigenvalue weighted by atomic mass is 10.0. The van der Waals surface area contributed by atoms with Crippen LogP contribution in [0.25, 0.3) is 0 Å². The lowest BCUT2D eigenvalue weighted by molar-refractivity contribution is 0.197. The van der Waals surface area contributed by atoms with Crippen LogP contribution >= 0.6 is 0 Å². The third-order valence-corrected chi connectivity index (χ3v) is 3.67. The zero-order chi connectivity index (χ0) is 13.8. The third-order valence-electron chi connectivity index (χ3n) is 3.67. The Morgan fingerprint density at radius 2 is 2.20 bits per heavy atom. The number of benzene rings is 1. The summed E-state index contributed by atoms with van der Waals surface area (Å²) in [4.78, 5) is 6.70. The molecule has 1 saturated heterocycles. The van der Waals surface area contributed by atoms with E-state index in [0.29, 0.717) is 11.9 Å². The first kappa shape index (κ1) is 13.3. The van der Waals surface area contributed by atoms with Crippen LogP contribution in [-0.4, -0.2) is 41.2 Å². The molecule has 1 atom stereocenters. The van der Waals surface area contributed by atoms with Gasteiger partial charge in [0.25, 0.3) is 0 Å². The molecule has 1 fully saturated rings. The molecule has 1 aliphatic rings. The molecule has 0 spiro atoms. The standard InChI is InChI=1S/C15H20N4O/c1-12-17-15(20-18-12)7-9-19-10-8-16-14(11-19)13-5-3-2-4-6-13/h2-6,14,16H,7-11H2,1H3. The van der Waals surface area contributed by atoms with Crippen molar-refractivity contribution in [2.24, 2.45) is 0 Å². The van der Waals surface area contributed by atoms with Gasteiger partial charge in [-0.3, -0.25) is 4.90 Å². The van der Waals surface area contributed by atoms with Gasteiger partial charge in [0.1, 0.15) is 0 Å². The first-order chi connectivity index (χ1) is 9.81. The first-order valence-electron chi connectivity index (χ1n) is 7.11. The van der Waals surface area contributed by atoms with Crippen LogP contribution in [-0.2, 0) is 6.42 Å². The molecule has 20 heavy (non-hydrogen) atoms. The van der Waals surface area contributed by atoms with E-state index in [2.05, 4.69) is 50.7 Å². The van der Waals surface area contributed by atoms with Gasteiger partial charge in [0.05, 0.1) is 0 Å². The molecule has 1 aliphatic heterocycles. The largest absolute Gasteiger partial charge is 0.339 e. The Kier molecular flexibility index (Phi) is 4.08. The maximum atomic E-state index is 5.16. The van der Waals surface area contributed by atoms with Crippen LogP contribution in [0, 0.1) is 6.92 Å². The molecule has 1 aromatic heterocycles. The van der Waals surface area contributed by atoms with E-state index in [9.17, 15) is 0 Å². The summed E-state index contributed by atoms with van der Waals surface area (Å²) >= 11 is 0. The summed E-state index contributed by atoms with van der Waals surface area (Å²) in [6.45, 7) is 5.92. The molecule has 0 amide bonds. The monoisotopic (exact) mass is 272 g/mol. The summed E-state index contributed by atoms with van der Waals surface area (Å²) in [6, 6.07) is 11.0. The van der Waals surface area contributed by atoms with Crippen LogP contribution < -0.4 is 5.32 Å². The van der Waals surface area contributed by atoms with Crippen LogP contribution in [0.15, 0.2) is 34.9 Å². The maximum Gasteiger partial charge on any atom is 0.227 e. The summed E-state index contributed by atoms with van der Waals surface area (Å²) in [5, 5.41) is 7.40. The number of aromatic nitrogens is 2. The molecule has 1 unspecified atom stereocenters. The van der Waals surface area contributed by atoms with Gasteiger partial charge in [0.15, 0.2) is 5.82 Å². The molecule has 0 radical (unpaired) electrons. The molecule has 5 heteroatoms. The predicted molar refractivity (Wildman–Crippen MR) is 76.4 cm³/mol. The van der Waals surface area contributed by atoms with E-state index >= 15 is 0 Å². The van der Waals surface area contributed by atoms with Crippen molar-refractivity contribution in [1.82, 2.24) is 20.4 Å². The molecule has 0 aliphatic carbocycles. The van der Waals surface area contributed by atoms with E-state index in [1.54, 1.807) is 0 Å². The van der Waals surface area contributed by atoms with Gasteiger partial charge in [0, 0.05) is 38.6 Å². The predicted octanol–water partition coefficient (Wildman–Crippen LogP) is 1.57. The number of hydrogen-bond acceptors (Lipinski definition) is 5. The number of nitrogens with one attached hydrogen (secondary N) is 1. The molecule has 2 heterocycles. The van der Waals surface area contributed by atoms with Gasteiger partial charge in [0.2, 0.25) is 5.89 Å². The Morgan fingerprint density at radius 1 is 1.35 bits per heavy atom. The van der Waals surface area contributed by atoms with Crippen LogP contribution in [0.2, 0.25) is 0 Å². The van der Waals surface area contributed by atoms with E-state index in [0.717, 1.165) is 38.5 Å². The fraction of sp³-hybridized carbons (Fsp3) is 0.467. The summed E-state index contributed by atoms with van der Waals surface area (Å²) in [5.41, 5.74) is 1.35. The third kappa shape index (κ3) is 3.23. The van der Waals surface area contributed by atoms with Crippen molar-refractivity contribution in [3.8, 4) is 0 Å². The van der Waals surface area contributed by atoms with Crippen molar-refractivity contribution in [3.05, 3.63) is 47.6 Å². The normalized spacial score (nSPS) is 20.1. The van der Waals surface area contributed by atoms with Crippen LogP contribution in [0.4, 0.5) is 0 Å². The summed E-state index contributed by atoms with van der Waals surface area (Å²) in [5.74, 6) is 1.44. The van der Waals surface area contributed by atoms with E-state index in [1.165, 1.54) is 5.56 Å². The molecule has 3 rings (SSSR count). The van der Waals surface area contributed by atoms with Gasteiger partial charge in [-0.1, -0.05) is 35.5 Å². The van der Waals surface area contributed by atoms with Crippen LogP contribution in [0.3, 0.4) is 0 Å². The number of piperazine rings is 1. The maximum absolute atomic E-state index is 5.16. The SMILES string of the molecule is Cc1noc(CCN2CCNC(c3ccccc3)C2)n1. The van der Waals surface area contributed by atoms with Crippen molar-refractivity contribution in [2.45, 2.75) is 19.4 Å². The average molecular weight is 272 g/mol. The van der Waals surface area contributed by atoms with Crippen LogP contribution in [0.5, 0.6) is 0 Å². The van der Waals surface area contributed by atoms with E-state index in [-0.39, 0.29) is 0 Å². The summed E-state index contributed by atoms with van der Waals surface area (Å²) < 4.78 is 5.16. The fourth-order valence-electron chi connectivity index (χ4n) is 2.62. The highest BCUT2D eigenvalue weighted by Crippen LogP contribution is 2.17. The molecular formula is C15H20N4O. The van der Waals surface area contributed by atoms with Gasteiger partial charge in [-0.15, -0.1) is 0 Å². The minimum absolute atomic E-state index is 0.411. The molecule has 1 aromatic carbocycles. The van der Waals surface area contributed by atoms with E-state index in [1.807, 2.05) is 6.92 Å². The van der Waals surface area contributed by atoms with Crippen molar-refractivity contribution in [2.75, 3.05) is 26.2 Å². The molecule has 0 saturated carbocycles. The second-order valence-corrected chi connectivity index (χ2v) is 5.20. The second-order valence-electron chi connectivity index (χ2n) is 5.20. The smallest absolute Gasteiger partial charge is 0.227 e. The molecule has 5 nitrogen and oxygen atoms in total. The summed E-state index contributed by atoms with van der Waals surface area (Å²) in [6.07, 6.45) is 0.822. The van der Waals surface area contributed by atoms with Crippen LogP contribution in [0.1, 0.15) is 23.3 Å². The van der Waals surface area contributed by atoms with Crippen molar-refractivity contribution >= 4 is 0 Å². The molecule has 106 valence electrons. The Labute approximate surface area is 119 Å². The number of aryl methyl sites for hydroxylation is 1. The molecule has 2 aromatic rings. The van der Waals surface area contributed by atoms with Gasteiger partial charge >= 0.3 is 0 Å².